The Hall–Kier alpha value is -1.46. The highest BCUT2D eigenvalue weighted by Gasteiger charge is 2.31. The van der Waals surface area contributed by atoms with E-state index in [0.717, 1.165) is 22.2 Å². The highest BCUT2D eigenvalue weighted by atomic mass is 35.5. The molecule has 0 spiro atoms. The summed E-state index contributed by atoms with van der Waals surface area (Å²) in [7, 11) is 1.46. The molecule has 2 rings (SSSR count). The molecule has 100 valence electrons. The maximum atomic E-state index is 11.7. The van der Waals surface area contributed by atoms with Gasteiger partial charge < -0.3 is 4.74 Å². The lowest BCUT2D eigenvalue weighted by Crippen LogP contribution is -2.22. The first-order valence-corrected chi connectivity index (χ1v) is 6.86. The van der Waals surface area contributed by atoms with Crippen LogP contribution in [0.5, 0.6) is 5.75 Å². The first-order valence-electron chi connectivity index (χ1n) is 5.67. The molecule has 19 heavy (non-hydrogen) atoms. The van der Waals surface area contributed by atoms with Gasteiger partial charge in [-0.05, 0) is 42.5 Å². The predicted octanol–water partition coefficient (Wildman–Crippen LogP) is 3.40. The molecule has 0 aliphatic carbocycles. The Morgan fingerprint density at radius 2 is 2.16 bits per heavy atom. The standard InChI is InChI=1S/C13H12ClNO3S/c1-3-18-10-5-4-8(6-9(10)14)7-11-12(16)15(2)13(17)19-11/h4-7H,3H2,1-2H3/b11-7+. The summed E-state index contributed by atoms with van der Waals surface area (Å²) in [4.78, 5) is 24.6. The van der Waals surface area contributed by atoms with Gasteiger partial charge in [-0.25, -0.2) is 0 Å². The zero-order valence-electron chi connectivity index (χ0n) is 10.5. The number of thioether (sulfide) groups is 1. The average Bonchev–Trinajstić information content (AvgIpc) is 2.61. The van der Waals surface area contributed by atoms with Crippen LogP contribution in [0.1, 0.15) is 12.5 Å². The summed E-state index contributed by atoms with van der Waals surface area (Å²) in [6.45, 7) is 2.41. The van der Waals surface area contributed by atoms with Gasteiger partial charge in [0.05, 0.1) is 16.5 Å². The van der Waals surface area contributed by atoms with Gasteiger partial charge in [-0.15, -0.1) is 0 Å². The van der Waals surface area contributed by atoms with E-state index in [1.165, 1.54) is 7.05 Å². The number of amides is 2. The van der Waals surface area contributed by atoms with Crippen molar-refractivity contribution < 1.29 is 14.3 Å². The molecule has 0 N–H and O–H groups in total. The number of imide groups is 1. The Balaban J connectivity index is 2.27. The van der Waals surface area contributed by atoms with Crippen LogP contribution in [-0.2, 0) is 4.79 Å². The van der Waals surface area contributed by atoms with Crippen LogP contribution < -0.4 is 4.74 Å². The first-order chi connectivity index (χ1) is 9.02. The summed E-state index contributed by atoms with van der Waals surface area (Å²) in [5, 5.41) is 0.208. The Morgan fingerprint density at radius 1 is 1.42 bits per heavy atom. The molecule has 1 heterocycles. The molecule has 1 aliphatic heterocycles. The van der Waals surface area contributed by atoms with Crippen LogP contribution in [0.3, 0.4) is 0 Å². The van der Waals surface area contributed by atoms with Crippen LogP contribution in [0.25, 0.3) is 6.08 Å². The fourth-order valence-electron chi connectivity index (χ4n) is 1.58. The molecule has 0 bridgehead atoms. The fourth-order valence-corrected chi connectivity index (χ4v) is 2.65. The van der Waals surface area contributed by atoms with E-state index in [9.17, 15) is 9.59 Å². The molecular weight excluding hydrogens is 286 g/mol. The second-order valence-electron chi connectivity index (χ2n) is 3.86. The highest BCUT2D eigenvalue weighted by Crippen LogP contribution is 2.32. The molecular formula is C13H12ClNO3S. The van der Waals surface area contributed by atoms with Gasteiger partial charge in [0.2, 0.25) is 0 Å². The summed E-state index contributed by atoms with van der Waals surface area (Å²) in [5.41, 5.74) is 0.757. The summed E-state index contributed by atoms with van der Waals surface area (Å²) < 4.78 is 5.33. The number of carbonyl (C=O) groups is 2. The summed E-state index contributed by atoms with van der Waals surface area (Å²) in [6.07, 6.45) is 1.65. The fraction of sp³-hybridized carbons (Fsp3) is 0.231. The maximum absolute atomic E-state index is 11.7. The third-order valence-corrected chi connectivity index (χ3v) is 3.80. The number of likely N-dealkylation sites (N-methyl/N-ethyl adjacent to an activating group) is 1. The SMILES string of the molecule is CCOc1ccc(/C=C2/SC(=O)N(C)C2=O)cc1Cl. The Morgan fingerprint density at radius 3 is 2.68 bits per heavy atom. The second-order valence-corrected chi connectivity index (χ2v) is 5.26. The molecule has 0 unspecified atom stereocenters. The van der Waals surface area contributed by atoms with E-state index in [2.05, 4.69) is 0 Å². The van der Waals surface area contributed by atoms with Crippen molar-refractivity contribution in [3.63, 3.8) is 0 Å². The second kappa shape index (κ2) is 5.67. The molecule has 4 nitrogen and oxygen atoms in total. The van der Waals surface area contributed by atoms with E-state index in [0.29, 0.717) is 22.3 Å². The summed E-state index contributed by atoms with van der Waals surface area (Å²) in [5.74, 6) is 0.310. The molecule has 0 atom stereocenters. The number of halogens is 1. The van der Waals surface area contributed by atoms with Crippen molar-refractivity contribution >= 4 is 40.6 Å². The lowest BCUT2D eigenvalue weighted by molar-refractivity contribution is -0.121. The number of ether oxygens (including phenoxy) is 1. The third kappa shape index (κ3) is 2.93. The van der Waals surface area contributed by atoms with Gasteiger partial charge >= 0.3 is 0 Å². The number of benzene rings is 1. The minimum atomic E-state index is -0.292. The van der Waals surface area contributed by atoms with Gasteiger partial charge in [0, 0.05) is 7.05 Å². The minimum Gasteiger partial charge on any atom is -0.492 e. The van der Waals surface area contributed by atoms with Crippen molar-refractivity contribution in [2.75, 3.05) is 13.7 Å². The van der Waals surface area contributed by atoms with Gasteiger partial charge in [0.25, 0.3) is 11.1 Å². The summed E-state index contributed by atoms with van der Waals surface area (Å²) in [6, 6.07) is 5.24. The predicted molar refractivity (Wildman–Crippen MR) is 76.4 cm³/mol. The molecule has 1 aromatic rings. The summed E-state index contributed by atoms with van der Waals surface area (Å²) >= 11 is 6.99. The van der Waals surface area contributed by atoms with Crippen molar-refractivity contribution in [3.8, 4) is 5.75 Å². The van der Waals surface area contributed by atoms with Crippen LogP contribution >= 0.6 is 23.4 Å². The Kier molecular flexibility index (Phi) is 4.17. The van der Waals surface area contributed by atoms with Crippen molar-refractivity contribution in [3.05, 3.63) is 33.7 Å². The van der Waals surface area contributed by atoms with Crippen molar-refractivity contribution in [1.29, 1.82) is 0 Å². The topological polar surface area (TPSA) is 46.6 Å². The largest absolute Gasteiger partial charge is 0.492 e. The molecule has 1 aromatic carbocycles. The number of rotatable bonds is 3. The van der Waals surface area contributed by atoms with E-state index >= 15 is 0 Å². The molecule has 1 fully saturated rings. The van der Waals surface area contributed by atoms with E-state index < -0.39 is 0 Å². The van der Waals surface area contributed by atoms with Gasteiger partial charge in [0.15, 0.2) is 0 Å². The van der Waals surface area contributed by atoms with Crippen LogP contribution in [0.15, 0.2) is 23.1 Å². The smallest absolute Gasteiger partial charge is 0.293 e. The average molecular weight is 298 g/mol. The van der Waals surface area contributed by atoms with Gasteiger partial charge in [0.1, 0.15) is 5.75 Å². The molecule has 1 saturated heterocycles. The van der Waals surface area contributed by atoms with Crippen LogP contribution in [0.2, 0.25) is 5.02 Å². The molecule has 1 aliphatic rings. The van der Waals surface area contributed by atoms with E-state index in [1.54, 1.807) is 24.3 Å². The van der Waals surface area contributed by atoms with Crippen LogP contribution in [0, 0.1) is 0 Å². The van der Waals surface area contributed by atoms with Crippen LogP contribution in [0.4, 0.5) is 4.79 Å². The molecule has 2 amide bonds. The van der Waals surface area contributed by atoms with Gasteiger partial charge in [-0.2, -0.15) is 0 Å². The molecule has 6 heteroatoms. The lowest BCUT2D eigenvalue weighted by atomic mass is 10.2. The lowest BCUT2D eigenvalue weighted by Gasteiger charge is -2.06. The van der Waals surface area contributed by atoms with Crippen molar-refractivity contribution in [1.82, 2.24) is 4.90 Å². The van der Waals surface area contributed by atoms with Crippen molar-refractivity contribution in [2.45, 2.75) is 6.92 Å². The quantitative estimate of drug-likeness (QED) is 0.802. The molecule has 0 saturated carbocycles. The van der Waals surface area contributed by atoms with E-state index in [1.807, 2.05) is 6.92 Å². The number of hydrogen-bond acceptors (Lipinski definition) is 4. The zero-order chi connectivity index (χ0) is 14.0. The van der Waals surface area contributed by atoms with E-state index in [-0.39, 0.29) is 11.1 Å². The number of carbonyl (C=O) groups excluding carboxylic acids is 2. The van der Waals surface area contributed by atoms with Gasteiger partial charge in [-0.3, -0.25) is 14.5 Å². The molecule has 0 radical (unpaired) electrons. The highest BCUT2D eigenvalue weighted by molar-refractivity contribution is 8.18. The zero-order valence-corrected chi connectivity index (χ0v) is 12.0. The molecule has 0 aromatic heterocycles. The van der Waals surface area contributed by atoms with E-state index in [4.69, 9.17) is 16.3 Å². The number of nitrogens with zero attached hydrogens (tertiary/aromatic N) is 1. The normalized spacial score (nSPS) is 17.4. The Bertz CT molecular complexity index is 571. The van der Waals surface area contributed by atoms with Gasteiger partial charge in [-0.1, -0.05) is 17.7 Å². The first kappa shape index (κ1) is 14.0. The maximum Gasteiger partial charge on any atom is 0.293 e. The third-order valence-electron chi connectivity index (χ3n) is 2.54. The monoisotopic (exact) mass is 297 g/mol. The Labute approximate surface area is 120 Å². The number of hydrogen-bond donors (Lipinski definition) is 0. The van der Waals surface area contributed by atoms with Crippen LogP contribution in [-0.4, -0.2) is 29.7 Å². The minimum absolute atomic E-state index is 0.270. The van der Waals surface area contributed by atoms with Crippen molar-refractivity contribution in [2.24, 2.45) is 0 Å².